The lowest BCUT2D eigenvalue weighted by atomic mass is 9.99. The number of rotatable bonds is 4. The van der Waals surface area contributed by atoms with Crippen LogP contribution in [0.2, 0.25) is 0 Å². The molecule has 2 rings (SSSR count). The van der Waals surface area contributed by atoms with Crippen LogP contribution in [0.5, 0.6) is 0 Å². The fraction of sp³-hybridized carbons (Fsp3) is 0.643. The van der Waals surface area contributed by atoms with Gasteiger partial charge >= 0.3 is 5.97 Å². The Balaban J connectivity index is 2.05. The zero-order chi connectivity index (χ0) is 15.4. The maximum atomic E-state index is 12.2. The SMILES string of the molecule is COC(=O)CC1CCCCN1CC(=O)n1oc(C)cc1=O. The molecular formula is C14H20N2O5. The van der Waals surface area contributed by atoms with E-state index in [0.29, 0.717) is 5.76 Å². The molecule has 1 aliphatic rings. The van der Waals surface area contributed by atoms with Crippen molar-refractivity contribution in [3.05, 3.63) is 22.2 Å². The van der Waals surface area contributed by atoms with Crippen LogP contribution in [-0.2, 0) is 9.53 Å². The molecule has 0 N–H and O–H groups in total. The minimum Gasteiger partial charge on any atom is -0.469 e. The third kappa shape index (κ3) is 3.81. The minimum atomic E-state index is -0.459. The third-order valence-corrected chi connectivity index (χ3v) is 3.71. The Hall–Kier alpha value is -1.89. The summed E-state index contributed by atoms with van der Waals surface area (Å²) in [6.07, 6.45) is 3.09. The van der Waals surface area contributed by atoms with E-state index < -0.39 is 11.5 Å². The highest BCUT2D eigenvalue weighted by Crippen LogP contribution is 2.19. The molecule has 0 radical (unpaired) electrons. The largest absolute Gasteiger partial charge is 0.469 e. The van der Waals surface area contributed by atoms with Gasteiger partial charge in [0.25, 0.3) is 11.5 Å². The van der Waals surface area contributed by atoms with E-state index in [0.717, 1.165) is 30.5 Å². The van der Waals surface area contributed by atoms with Crippen molar-refractivity contribution < 1.29 is 18.8 Å². The summed E-state index contributed by atoms with van der Waals surface area (Å²) >= 11 is 0. The molecule has 21 heavy (non-hydrogen) atoms. The van der Waals surface area contributed by atoms with Crippen molar-refractivity contribution in [2.24, 2.45) is 0 Å². The summed E-state index contributed by atoms with van der Waals surface area (Å²) < 4.78 is 10.6. The predicted octanol–water partition coefficient (Wildman–Crippen LogP) is 0.808. The maximum Gasteiger partial charge on any atom is 0.307 e. The van der Waals surface area contributed by atoms with Crippen LogP contribution >= 0.6 is 0 Å². The molecule has 1 fully saturated rings. The average Bonchev–Trinajstić information content (AvgIpc) is 2.79. The number of carbonyl (C=O) groups excluding carboxylic acids is 2. The minimum absolute atomic E-state index is 0.0260. The lowest BCUT2D eigenvalue weighted by Gasteiger charge is -2.34. The first-order chi connectivity index (χ1) is 10.0. The molecule has 2 heterocycles. The summed E-state index contributed by atoms with van der Waals surface area (Å²) in [5, 5.41) is 0. The number of aryl methyl sites for hydroxylation is 1. The predicted molar refractivity (Wildman–Crippen MR) is 74.2 cm³/mol. The molecule has 1 unspecified atom stereocenters. The number of esters is 1. The highest BCUT2D eigenvalue weighted by Gasteiger charge is 2.27. The molecule has 0 saturated carbocycles. The van der Waals surface area contributed by atoms with Gasteiger partial charge in [-0.1, -0.05) is 6.42 Å². The van der Waals surface area contributed by atoms with Crippen LogP contribution in [0.3, 0.4) is 0 Å². The second-order valence-electron chi connectivity index (χ2n) is 5.27. The molecule has 1 aromatic rings. The summed E-state index contributed by atoms with van der Waals surface area (Å²) in [6, 6.07) is 1.25. The number of carbonyl (C=O) groups is 2. The summed E-state index contributed by atoms with van der Waals surface area (Å²) in [5.74, 6) is -0.298. The van der Waals surface area contributed by atoms with Gasteiger partial charge in [-0.05, 0) is 26.3 Å². The fourth-order valence-corrected chi connectivity index (χ4v) is 2.63. The second kappa shape index (κ2) is 6.71. The Labute approximate surface area is 122 Å². The van der Waals surface area contributed by atoms with Gasteiger partial charge in [0.2, 0.25) is 0 Å². The van der Waals surface area contributed by atoms with Gasteiger partial charge in [-0.2, -0.15) is 0 Å². The highest BCUT2D eigenvalue weighted by atomic mass is 16.5. The van der Waals surface area contributed by atoms with Crippen molar-refractivity contribution in [1.29, 1.82) is 0 Å². The molecular weight excluding hydrogens is 276 g/mol. The van der Waals surface area contributed by atoms with Crippen LogP contribution in [0.15, 0.2) is 15.4 Å². The highest BCUT2D eigenvalue weighted by molar-refractivity contribution is 5.79. The van der Waals surface area contributed by atoms with Crippen LogP contribution < -0.4 is 5.56 Å². The van der Waals surface area contributed by atoms with E-state index in [1.807, 2.05) is 4.90 Å². The van der Waals surface area contributed by atoms with Crippen LogP contribution in [0.1, 0.15) is 36.2 Å². The lowest BCUT2D eigenvalue weighted by Crippen LogP contribution is -2.45. The van der Waals surface area contributed by atoms with E-state index in [1.54, 1.807) is 6.92 Å². The molecule has 1 saturated heterocycles. The van der Waals surface area contributed by atoms with E-state index in [1.165, 1.54) is 13.2 Å². The van der Waals surface area contributed by atoms with E-state index in [4.69, 9.17) is 4.52 Å². The topological polar surface area (TPSA) is 81.8 Å². The Bertz CT molecular complexity index is 574. The summed E-state index contributed by atoms with van der Waals surface area (Å²) in [4.78, 5) is 37.1. The quantitative estimate of drug-likeness (QED) is 0.765. The first-order valence-electron chi connectivity index (χ1n) is 7.05. The van der Waals surface area contributed by atoms with E-state index in [9.17, 15) is 14.4 Å². The number of hydrogen-bond acceptors (Lipinski definition) is 6. The second-order valence-corrected chi connectivity index (χ2v) is 5.27. The molecule has 116 valence electrons. The van der Waals surface area contributed by atoms with Gasteiger partial charge in [-0.3, -0.25) is 19.3 Å². The lowest BCUT2D eigenvalue weighted by molar-refractivity contribution is -0.142. The number of ether oxygens (including phenoxy) is 1. The standard InChI is InChI=1S/C14H20N2O5/c1-10-7-12(17)16(21-10)13(18)9-15-6-4-3-5-11(15)8-14(19)20-2/h7,11H,3-6,8-9H2,1-2H3. The number of hydrogen-bond donors (Lipinski definition) is 0. The third-order valence-electron chi connectivity index (χ3n) is 3.71. The maximum absolute atomic E-state index is 12.2. The summed E-state index contributed by atoms with van der Waals surface area (Å²) in [7, 11) is 1.35. The van der Waals surface area contributed by atoms with Crippen LogP contribution in [0.4, 0.5) is 0 Å². The molecule has 0 spiro atoms. The number of likely N-dealkylation sites (tertiary alicyclic amines) is 1. The zero-order valence-electron chi connectivity index (χ0n) is 12.3. The summed E-state index contributed by atoms with van der Waals surface area (Å²) in [6.45, 7) is 2.41. The number of aromatic nitrogens is 1. The van der Waals surface area contributed by atoms with E-state index >= 15 is 0 Å². The Morgan fingerprint density at radius 1 is 1.43 bits per heavy atom. The molecule has 0 aromatic carbocycles. The van der Waals surface area contributed by atoms with Crippen molar-refractivity contribution in [2.75, 3.05) is 20.2 Å². The summed E-state index contributed by atoms with van der Waals surface area (Å²) in [5.41, 5.74) is -0.459. The average molecular weight is 296 g/mol. The van der Waals surface area contributed by atoms with Crippen molar-refractivity contribution in [1.82, 2.24) is 9.64 Å². The van der Waals surface area contributed by atoms with Gasteiger partial charge in [-0.15, -0.1) is 4.74 Å². The van der Waals surface area contributed by atoms with Gasteiger partial charge in [-0.25, -0.2) is 0 Å². The monoisotopic (exact) mass is 296 g/mol. The van der Waals surface area contributed by atoms with Crippen molar-refractivity contribution in [3.8, 4) is 0 Å². The zero-order valence-corrected chi connectivity index (χ0v) is 12.3. The molecule has 1 aliphatic heterocycles. The molecule has 7 heteroatoms. The number of methoxy groups -OCH3 is 1. The van der Waals surface area contributed by atoms with Crippen LogP contribution in [-0.4, -0.2) is 47.8 Å². The fourth-order valence-electron chi connectivity index (χ4n) is 2.63. The molecule has 0 amide bonds. The van der Waals surface area contributed by atoms with Crippen molar-refractivity contribution >= 4 is 11.9 Å². The molecule has 0 aliphatic carbocycles. The molecule has 1 atom stereocenters. The number of nitrogens with zero attached hydrogens (tertiary/aromatic N) is 2. The van der Waals surface area contributed by atoms with Gasteiger partial charge in [0, 0.05) is 12.1 Å². The molecule has 7 nitrogen and oxygen atoms in total. The first kappa shape index (κ1) is 15.5. The van der Waals surface area contributed by atoms with Crippen LogP contribution in [0, 0.1) is 6.92 Å². The van der Waals surface area contributed by atoms with Crippen LogP contribution in [0.25, 0.3) is 0 Å². The first-order valence-corrected chi connectivity index (χ1v) is 7.05. The van der Waals surface area contributed by atoms with Gasteiger partial charge < -0.3 is 9.26 Å². The van der Waals surface area contributed by atoms with E-state index in [2.05, 4.69) is 4.74 Å². The Kier molecular flexibility index (Phi) is 4.95. The van der Waals surface area contributed by atoms with Crippen molar-refractivity contribution in [3.63, 3.8) is 0 Å². The Morgan fingerprint density at radius 3 is 2.81 bits per heavy atom. The molecule has 0 bridgehead atoms. The smallest absolute Gasteiger partial charge is 0.307 e. The Morgan fingerprint density at radius 2 is 2.19 bits per heavy atom. The van der Waals surface area contributed by atoms with Gasteiger partial charge in [0.15, 0.2) is 0 Å². The van der Waals surface area contributed by atoms with Gasteiger partial charge in [0.1, 0.15) is 5.76 Å². The normalized spacial score (nSPS) is 19.4. The molecule has 1 aromatic heterocycles. The van der Waals surface area contributed by atoms with Crippen molar-refractivity contribution in [2.45, 2.75) is 38.6 Å². The number of piperidine rings is 1. The van der Waals surface area contributed by atoms with Gasteiger partial charge in [0.05, 0.1) is 20.1 Å². The van der Waals surface area contributed by atoms with E-state index in [-0.39, 0.29) is 25.0 Å².